The van der Waals surface area contributed by atoms with Crippen LogP contribution in [-0.2, 0) is 0 Å². The largest absolute Gasteiger partial charge is 0.494 e. The Kier molecular flexibility index (Phi) is 5.59. The van der Waals surface area contributed by atoms with Crippen molar-refractivity contribution in [2.45, 2.75) is 6.92 Å². The zero-order chi connectivity index (χ0) is 17.7. The van der Waals surface area contributed by atoms with E-state index in [0.717, 1.165) is 6.07 Å². The minimum atomic E-state index is -0.570. The van der Waals surface area contributed by atoms with Crippen LogP contribution in [0.2, 0.25) is 5.02 Å². The van der Waals surface area contributed by atoms with Crippen LogP contribution in [0.1, 0.15) is 17.3 Å². The normalized spacial score (nSPS) is 10.1. The molecule has 0 fully saturated rings. The first-order valence-corrected chi connectivity index (χ1v) is 7.54. The zero-order valence-electron chi connectivity index (χ0n) is 13.1. The topological polar surface area (TPSA) is 93.5 Å². The lowest BCUT2D eigenvalue weighted by Gasteiger charge is -2.11. The third-order valence-electron chi connectivity index (χ3n) is 3.20. The summed E-state index contributed by atoms with van der Waals surface area (Å²) in [5.74, 6) is 0.210. The fourth-order valence-corrected chi connectivity index (χ4v) is 2.33. The van der Waals surface area contributed by atoms with E-state index in [-0.39, 0.29) is 22.0 Å². The number of ether oxygens (including phenoxy) is 1. The van der Waals surface area contributed by atoms with Crippen LogP contribution < -0.4 is 15.4 Å². The summed E-state index contributed by atoms with van der Waals surface area (Å²) in [5, 5.41) is 16.7. The van der Waals surface area contributed by atoms with Gasteiger partial charge in [0.25, 0.3) is 11.6 Å². The van der Waals surface area contributed by atoms with E-state index < -0.39 is 10.8 Å². The molecule has 7 nitrogen and oxygen atoms in total. The Morgan fingerprint density at radius 3 is 2.50 bits per heavy atom. The van der Waals surface area contributed by atoms with Crippen molar-refractivity contribution in [3.63, 3.8) is 0 Å². The maximum atomic E-state index is 11.7. The summed E-state index contributed by atoms with van der Waals surface area (Å²) in [6.07, 6.45) is 0. The molecule has 126 valence electrons. The Labute approximate surface area is 143 Å². The van der Waals surface area contributed by atoms with Crippen LogP contribution in [0, 0.1) is 10.1 Å². The quantitative estimate of drug-likeness (QED) is 0.612. The number of amides is 1. The SMILES string of the molecule is CCOc1ccc(Nc2cc(Cl)c(C(=O)NC)cc2[N+](=O)[O-])cc1. The van der Waals surface area contributed by atoms with Crippen molar-refractivity contribution in [1.82, 2.24) is 5.32 Å². The van der Waals surface area contributed by atoms with Gasteiger partial charge in [0, 0.05) is 18.8 Å². The number of halogens is 1. The van der Waals surface area contributed by atoms with Gasteiger partial charge in [-0.25, -0.2) is 0 Å². The number of nitro benzene ring substituents is 1. The van der Waals surface area contributed by atoms with Crippen molar-refractivity contribution in [2.75, 3.05) is 19.0 Å². The minimum Gasteiger partial charge on any atom is -0.494 e. The second-order valence-electron chi connectivity index (χ2n) is 4.77. The predicted molar refractivity (Wildman–Crippen MR) is 92.4 cm³/mol. The monoisotopic (exact) mass is 349 g/mol. The van der Waals surface area contributed by atoms with E-state index in [1.54, 1.807) is 24.3 Å². The summed E-state index contributed by atoms with van der Waals surface area (Å²) in [6.45, 7) is 2.43. The zero-order valence-corrected chi connectivity index (χ0v) is 13.9. The summed E-state index contributed by atoms with van der Waals surface area (Å²) >= 11 is 6.07. The van der Waals surface area contributed by atoms with Crippen LogP contribution >= 0.6 is 11.6 Å². The van der Waals surface area contributed by atoms with E-state index in [4.69, 9.17) is 16.3 Å². The molecule has 0 spiro atoms. The number of nitro groups is 1. The Morgan fingerprint density at radius 2 is 1.96 bits per heavy atom. The van der Waals surface area contributed by atoms with E-state index >= 15 is 0 Å². The molecule has 2 aromatic rings. The van der Waals surface area contributed by atoms with E-state index in [9.17, 15) is 14.9 Å². The number of benzene rings is 2. The number of nitrogens with one attached hydrogen (secondary N) is 2. The third kappa shape index (κ3) is 3.94. The first-order valence-electron chi connectivity index (χ1n) is 7.16. The van der Waals surface area contributed by atoms with Gasteiger partial charge in [0.15, 0.2) is 0 Å². The van der Waals surface area contributed by atoms with Crippen molar-refractivity contribution in [2.24, 2.45) is 0 Å². The molecule has 0 aromatic heterocycles. The molecular weight excluding hydrogens is 334 g/mol. The standard InChI is InChI=1S/C16H16ClN3O4/c1-3-24-11-6-4-10(5-7-11)19-14-9-13(17)12(16(21)18-2)8-15(14)20(22)23/h4-9,19H,3H2,1-2H3,(H,18,21). The van der Waals surface area contributed by atoms with E-state index in [0.29, 0.717) is 18.0 Å². The first-order chi connectivity index (χ1) is 11.5. The Bertz CT molecular complexity index is 763. The van der Waals surface area contributed by atoms with Gasteiger partial charge in [-0.1, -0.05) is 11.6 Å². The lowest BCUT2D eigenvalue weighted by Crippen LogP contribution is -2.18. The van der Waals surface area contributed by atoms with Gasteiger partial charge in [-0.3, -0.25) is 14.9 Å². The smallest absolute Gasteiger partial charge is 0.293 e. The highest BCUT2D eigenvalue weighted by atomic mass is 35.5. The number of anilines is 2. The van der Waals surface area contributed by atoms with Crippen LogP contribution in [0.15, 0.2) is 36.4 Å². The summed E-state index contributed by atoms with van der Waals surface area (Å²) < 4.78 is 5.35. The summed E-state index contributed by atoms with van der Waals surface area (Å²) in [7, 11) is 1.43. The Hall–Kier alpha value is -2.80. The van der Waals surface area contributed by atoms with Crippen molar-refractivity contribution < 1.29 is 14.5 Å². The maximum Gasteiger partial charge on any atom is 0.293 e. The molecule has 2 rings (SSSR count). The van der Waals surface area contributed by atoms with Gasteiger partial charge in [-0.2, -0.15) is 0 Å². The number of rotatable bonds is 6. The molecule has 0 radical (unpaired) electrons. The molecule has 8 heteroatoms. The second kappa shape index (κ2) is 7.65. The van der Waals surface area contributed by atoms with Gasteiger partial charge in [-0.15, -0.1) is 0 Å². The number of hydrogen-bond donors (Lipinski definition) is 2. The molecule has 0 aliphatic rings. The van der Waals surface area contributed by atoms with Crippen molar-refractivity contribution in [3.8, 4) is 5.75 Å². The number of nitrogens with zero attached hydrogens (tertiary/aromatic N) is 1. The molecule has 0 saturated carbocycles. The van der Waals surface area contributed by atoms with Crippen molar-refractivity contribution >= 4 is 34.6 Å². The molecule has 0 bridgehead atoms. The summed E-state index contributed by atoms with van der Waals surface area (Å²) in [5.41, 5.74) is 0.627. The lowest BCUT2D eigenvalue weighted by atomic mass is 10.1. The molecule has 0 unspecified atom stereocenters. The molecule has 2 N–H and O–H groups in total. The van der Waals surface area contributed by atoms with Gasteiger partial charge in [0.2, 0.25) is 0 Å². The Balaban J connectivity index is 2.36. The van der Waals surface area contributed by atoms with Crippen LogP contribution in [0.3, 0.4) is 0 Å². The molecule has 24 heavy (non-hydrogen) atoms. The molecule has 0 atom stereocenters. The number of carbonyl (C=O) groups is 1. The molecule has 0 saturated heterocycles. The predicted octanol–water partition coefficient (Wildman–Crippen LogP) is 3.75. The molecule has 0 aliphatic carbocycles. The van der Waals surface area contributed by atoms with Gasteiger partial charge in [0.1, 0.15) is 11.4 Å². The van der Waals surface area contributed by atoms with Crippen LogP contribution in [0.4, 0.5) is 17.1 Å². The van der Waals surface area contributed by atoms with Gasteiger partial charge >= 0.3 is 0 Å². The van der Waals surface area contributed by atoms with E-state index in [2.05, 4.69) is 10.6 Å². The molecular formula is C16H16ClN3O4. The minimum absolute atomic E-state index is 0.0445. The average molecular weight is 350 g/mol. The molecule has 1 amide bonds. The maximum absolute atomic E-state index is 11.7. The van der Waals surface area contributed by atoms with Gasteiger partial charge in [-0.05, 0) is 37.3 Å². The van der Waals surface area contributed by atoms with Crippen molar-refractivity contribution in [3.05, 3.63) is 57.1 Å². The van der Waals surface area contributed by atoms with Gasteiger partial charge in [0.05, 0.1) is 22.1 Å². The highest BCUT2D eigenvalue weighted by Gasteiger charge is 2.21. The average Bonchev–Trinajstić information content (AvgIpc) is 2.56. The fraction of sp³-hybridized carbons (Fsp3) is 0.188. The van der Waals surface area contributed by atoms with E-state index in [1.165, 1.54) is 13.1 Å². The number of carbonyl (C=O) groups excluding carboxylic acids is 1. The summed E-state index contributed by atoms with van der Waals surface area (Å²) in [4.78, 5) is 22.5. The van der Waals surface area contributed by atoms with Crippen LogP contribution in [-0.4, -0.2) is 24.5 Å². The highest BCUT2D eigenvalue weighted by Crippen LogP contribution is 2.33. The van der Waals surface area contributed by atoms with Gasteiger partial charge < -0.3 is 15.4 Å². The molecule has 0 heterocycles. The first kappa shape index (κ1) is 17.6. The molecule has 2 aromatic carbocycles. The Morgan fingerprint density at radius 1 is 1.29 bits per heavy atom. The number of hydrogen-bond acceptors (Lipinski definition) is 5. The van der Waals surface area contributed by atoms with Crippen LogP contribution in [0.5, 0.6) is 5.75 Å². The van der Waals surface area contributed by atoms with E-state index in [1.807, 2.05) is 6.92 Å². The third-order valence-corrected chi connectivity index (χ3v) is 3.51. The summed E-state index contributed by atoms with van der Waals surface area (Å²) in [6, 6.07) is 9.47. The molecule has 0 aliphatic heterocycles. The lowest BCUT2D eigenvalue weighted by molar-refractivity contribution is -0.383. The van der Waals surface area contributed by atoms with Crippen molar-refractivity contribution in [1.29, 1.82) is 0 Å². The van der Waals surface area contributed by atoms with Crippen LogP contribution in [0.25, 0.3) is 0 Å². The fourth-order valence-electron chi connectivity index (χ4n) is 2.08. The second-order valence-corrected chi connectivity index (χ2v) is 5.18. The highest BCUT2D eigenvalue weighted by molar-refractivity contribution is 6.34.